The summed E-state index contributed by atoms with van der Waals surface area (Å²) in [7, 11) is -0.121. The lowest BCUT2D eigenvalue weighted by molar-refractivity contribution is 0.102. The second kappa shape index (κ2) is 11.9. The van der Waals surface area contributed by atoms with Gasteiger partial charge in [0.05, 0.1) is 16.2 Å². The fraction of sp³-hybridized carbons (Fsp3) is 0.303. The van der Waals surface area contributed by atoms with Crippen molar-refractivity contribution in [1.82, 2.24) is 15.3 Å². The van der Waals surface area contributed by atoms with Crippen LogP contribution in [-0.4, -0.2) is 50.5 Å². The smallest absolute Gasteiger partial charge is 0.264 e. The number of aryl methyl sites for hydroxylation is 2. The number of aromatic nitrogens is 2. The van der Waals surface area contributed by atoms with E-state index in [9.17, 15) is 13.2 Å². The first-order valence-corrected chi connectivity index (χ1v) is 16.2. The molecule has 1 fully saturated rings. The molecule has 0 radical (unpaired) electrons. The van der Waals surface area contributed by atoms with Gasteiger partial charge in [-0.1, -0.05) is 37.1 Å². The Morgan fingerprint density at radius 3 is 2.48 bits per heavy atom. The van der Waals surface area contributed by atoms with Crippen molar-refractivity contribution in [3.63, 3.8) is 0 Å². The zero-order valence-electron chi connectivity index (χ0n) is 25.2. The van der Waals surface area contributed by atoms with Gasteiger partial charge in [-0.3, -0.25) is 4.79 Å². The number of nitrogens with one attached hydrogen (secondary N) is 3. The Hall–Kier alpha value is -4.48. The van der Waals surface area contributed by atoms with Gasteiger partial charge in [0, 0.05) is 42.1 Å². The highest BCUT2D eigenvalue weighted by molar-refractivity contribution is 7.92. The lowest BCUT2D eigenvalue weighted by atomic mass is 9.89. The molecule has 6 bridgehead atoms. The summed E-state index contributed by atoms with van der Waals surface area (Å²) in [6, 6.07) is 19.6. The summed E-state index contributed by atoms with van der Waals surface area (Å²) in [5.41, 5.74) is 4.79. The molecule has 3 aromatic carbocycles. The lowest BCUT2D eigenvalue weighted by Gasteiger charge is -2.39. The zero-order valence-corrected chi connectivity index (χ0v) is 26.0. The van der Waals surface area contributed by atoms with Gasteiger partial charge in [-0.25, -0.2) is 18.1 Å². The van der Waals surface area contributed by atoms with Crippen LogP contribution in [0.5, 0.6) is 11.6 Å². The van der Waals surface area contributed by atoms with Crippen LogP contribution in [-0.2, 0) is 10.0 Å². The average molecular weight is 613 g/mol. The molecule has 1 aromatic heterocycles. The van der Waals surface area contributed by atoms with Gasteiger partial charge in [-0.2, -0.15) is 4.98 Å². The van der Waals surface area contributed by atoms with Crippen LogP contribution in [0.25, 0.3) is 11.3 Å². The number of fused-ring (bicyclic) bond motifs is 6. The summed E-state index contributed by atoms with van der Waals surface area (Å²) in [6.07, 6.45) is 4.33. The molecule has 4 aromatic rings. The second-order valence-electron chi connectivity index (χ2n) is 11.4. The molecule has 228 valence electrons. The van der Waals surface area contributed by atoms with Gasteiger partial charge < -0.3 is 20.3 Å². The van der Waals surface area contributed by atoms with Crippen LogP contribution in [0.2, 0.25) is 0 Å². The molecule has 3 N–H and O–H groups in total. The number of benzene rings is 3. The number of rotatable bonds is 4. The molecule has 0 spiro atoms. The van der Waals surface area contributed by atoms with Crippen molar-refractivity contribution in [3.8, 4) is 22.9 Å². The molecule has 1 amide bonds. The van der Waals surface area contributed by atoms with Crippen molar-refractivity contribution >= 4 is 33.3 Å². The van der Waals surface area contributed by atoms with E-state index in [4.69, 9.17) is 4.74 Å². The molecular weight excluding hydrogens is 576 g/mol. The van der Waals surface area contributed by atoms with Crippen LogP contribution in [0.4, 0.5) is 17.3 Å². The van der Waals surface area contributed by atoms with Crippen molar-refractivity contribution in [2.45, 2.75) is 56.5 Å². The molecule has 0 saturated heterocycles. The van der Waals surface area contributed by atoms with E-state index >= 15 is 0 Å². The van der Waals surface area contributed by atoms with E-state index in [0.29, 0.717) is 22.7 Å². The molecule has 11 heteroatoms. The van der Waals surface area contributed by atoms with E-state index in [0.717, 1.165) is 48.1 Å². The van der Waals surface area contributed by atoms with E-state index in [1.54, 1.807) is 30.3 Å². The summed E-state index contributed by atoms with van der Waals surface area (Å²) in [6.45, 7) is 3.94. The molecule has 1 aliphatic carbocycles. The molecule has 2 heterocycles. The highest BCUT2D eigenvalue weighted by Crippen LogP contribution is 2.35. The van der Waals surface area contributed by atoms with Gasteiger partial charge in [-0.05, 0) is 81.3 Å². The predicted octanol–water partition coefficient (Wildman–Crippen LogP) is 5.89. The number of carbonyl (C=O) groups excluding carboxylic acids is 1. The SMILES string of the molecule is CNC1CCCCC1N(C)c1ccc2cc1C(=O)Nc1cccc(c1)S(=O)(=O)Nc1nc(cc(-c3c(C)cccc3C)n1)O2. The zero-order chi connectivity index (χ0) is 31.0. The number of hydrogen-bond donors (Lipinski definition) is 3. The predicted molar refractivity (Wildman–Crippen MR) is 172 cm³/mol. The third kappa shape index (κ3) is 5.85. The van der Waals surface area contributed by atoms with Gasteiger partial charge in [0.25, 0.3) is 15.9 Å². The minimum Gasteiger partial charge on any atom is -0.439 e. The summed E-state index contributed by atoms with van der Waals surface area (Å²) < 4.78 is 35.7. The topological polar surface area (TPSA) is 126 Å². The first kappa shape index (κ1) is 29.6. The van der Waals surface area contributed by atoms with Crippen LogP contribution in [0.1, 0.15) is 47.2 Å². The van der Waals surface area contributed by atoms with Gasteiger partial charge in [0.15, 0.2) is 0 Å². The summed E-state index contributed by atoms with van der Waals surface area (Å²) in [4.78, 5) is 25.0. The minimum absolute atomic E-state index is 0.0407. The molecule has 2 aliphatic rings. The molecule has 10 nitrogen and oxygen atoms in total. The first-order chi connectivity index (χ1) is 21.1. The van der Waals surface area contributed by atoms with Crippen LogP contribution >= 0.6 is 0 Å². The number of anilines is 3. The Morgan fingerprint density at radius 2 is 1.70 bits per heavy atom. The third-order valence-electron chi connectivity index (χ3n) is 8.48. The van der Waals surface area contributed by atoms with E-state index in [-0.39, 0.29) is 34.7 Å². The second-order valence-corrected chi connectivity index (χ2v) is 13.1. The van der Waals surface area contributed by atoms with Crippen LogP contribution in [0.3, 0.4) is 0 Å². The Balaban J connectivity index is 1.51. The summed E-state index contributed by atoms with van der Waals surface area (Å²) in [5.74, 6) is 0.00922. The number of likely N-dealkylation sites (N-methyl/N-ethyl adjacent to an activating group) is 2. The Labute approximate surface area is 257 Å². The Kier molecular flexibility index (Phi) is 8.00. The summed E-state index contributed by atoms with van der Waals surface area (Å²) in [5, 5.41) is 6.34. The number of ether oxygens (including phenoxy) is 1. The average Bonchev–Trinajstić information content (AvgIpc) is 3.00. The Bertz CT molecular complexity index is 1820. The maximum Gasteiger partial charge on any atom is 0.264 e. The Morgan fingerprint density at radius 1 is 0.955 bits per heavy atom. The van der Waals surface area contributed by atoms with Gasteiger partial charge >= 0.3 is 0 Å². The van der Waals surface area contributed by atoms with Crippen molar-refractivity contribution in [2.24, 2.45) is 0 Å². The van der Waals surface area contributed by atoms with Crippen molar-refractivity contribution in [3.05, 3.63) is 83.4 Å². The fourth-order valence-electron chi connectivity index (χ4n) is 6.27. The molecule has 1 aliphatic heterocycles. The maximum absolute atomic E-state index is 13.9. The van der Waals surface area contributed by atoms with E-state index in [1.165, 1.54) is 12.1 Å². The van der Waals surface area contributed by atoms with Crippen LogP contribution in [0, 0.1) is 13.8 Å². The number of hydrogen-bond acceptors (Lipinski definition) is 8. The van der Waals surface area contributed by atoms with Gasteiger partial charge in [-0.15, -0.1) is 0 Å². The molecule has 2 unspecified atom stereocenters. The minimum atomic E-state index is -4.11. The van der Waals surface area contributed by atoms with Gasteiger partial charge in [0.2, 0.25) is 11.8 Å². The monoisotopic (exact) mass is 612 g/mol. The lowest BCUT2D eigenvalue weighted by Crippen LogP contribution is -2.50. The molecular formula is C33H36N6O4S. The molecule has 1 saturated carbocycles. The maximum atomic E-state index is 13.9. The van der Waals surface area contributed by atoms with Crippen molar-refractivity contribution < 1.29 is 17.9 Å². The number of amides is 1. The highest BCUT2D eigenvalue weighted by Gasteiger charge is 2.30. The molecule has 6 rings (SSSR count). The molecule has 44 heavy (non-hydrogen) atoms. The fourth-order valence-corrected chi connectivity index (χ4v) is 7.26. The number of nitrogens with zero attached hydrogens (tertiary/aromatic N) is 3. The van der Waals surface area contributed by atoms with Crippen LogP contribution in [0.15, 0.2) is 71.6 Å². The molecule has 2 atom stereocenters. The summed E-state index contributed by atoms with van der Waals surface area (Å²) >= 11 is 0. The van der Waals surface area contributed by atoms with E-state index < -0.39 is 10.0 Å². The number of carbonyl (C=O) groups is 1. The van der Waals surface area contributed by atoms with Crippen LogP contribution < -0.4 is 25.0 Å². The third-order valence-corrected chi connectivity index (χ3v) is 9.81. The standard InChI is InChI=1S/C33H36N6O4S/c1-20-9-7-10-21(2)31(20)27-19-30-37-33(36-27)38-44(41,42)24-12-8-11-22(17-24)35-32(40)25-18-23(43-30)15-16-28(25)39(4)29-14-6-5-13-26(29)34-3/h7-12,15-19,26,29,34H,5-6,13-14H2,1-4H3,(H,35,40)(H,36,37,38). The normalized spacial score (nSPS) is 19.1. The van der Waals surface area contributed by atoms with E-state index in [2.05, 4.69) is 30.2 Å². The largest absolute Gasteiger partial charge is 0.439 e. The van der Waals surface area contributed by atoms with Crippen molar-refractivity contribution in [2.75, 3.05) is 29.0 Å². The van der Waals surface area contributed by atoms with Crippen molar-refractivity contribution in [1.29, 1.82) is 0 Å². The quantitative estimate of drug-likeness (QED) is 0.261. The highest BCUT2D eigenvalue weighted by atomic mass is 32.2. The number of sulfonamides is 1. The first-order valence-electron chi connectivity index (χ1n) is 14.7. The van der Waals surface area contributed by atoms with E-state index in [1.807, 2.05) is 52.2 Å². The van der Waals surface area contributed by atoms with Gasteiger partial charge in [0.1, 0.15) is 5.75 Å².